The van der Waals surface area contributed by atoms with Crippen molar-refractivity contribution < 1.29 is 13.9 Å². The molecule has 5 rings (SSSR count). The summed E-state index contributed by atoms with van der Waals surface area (Å²) < 4.78 is 12.8. The molecule has 0 saturated carbocycles. The minimum atomic E-state index is -0.339. The van der Waals surface area contributed by atoms with Crippen LogP contribution in [0.15, 0.2) is 77.2 Å². The van der Waals surface area contributed by atoms with Crippen LogP contribution in [0.3, 0.4) is 0 Å². The molecule has 0 bridgehead atoms. The number of amides is 1. The number of benzene rings is 3. The molecule has 0 aliphatic rings. The van der Waals surface area contributed by atoms with Crippen molar-refractivity contribution in [3.8, 4) is 5.75 Å². The van der Waals surface area contributed by atoms with Gasteiger partial charge in [-0.3, -0.25) is 10.1 Å². The standard InChI is InChI=1S/C24H18N2O3S/c1-15-11-12-19-21(13-15)30-24(25-19)26-23(27)22-18(14-28-16-7-3-2-4-8-16)17-9-5-6-10-20(17)29-22/h2-13H,14H2,1H3,(H,25,26,27). The van der Waals surface area contributed by atoms with E-state index in [9.17, 15) is 4.79 Å². The predicted octanol–water partition coefficient (Wildman–Crippen LogP) is 6.18. The Kier molecular flexibility index (Phi) is 4.69. The van der Waals surface area contributed by atoms with E-state index in [4.69, 9.17) is 9.15 Å². The third-order valence-corrected chi connectivity index (χ3v) is 5.73. The maximum absolute atomic E-state index is 13.1. The molecule has 1 amide bonds. The number of anilines is 1. The molecule has 2 heterocycles. The number of hydrogen-bond donors (Lipinski definition) is 1. The molecule has 5 nitrogen and oxygen atoms in total. The van der Waals surface area contributed by atoms with Crippen molar-refractivity contribution in [1.82, 2.24) is 4.98 Å². The van der Waals surface area contributed by atoms with Gasteiger partial charge in [0.1, 0.15) is 17.9 Å². The Bertz CT molecular complexity index is 1360. The lowest BCUT2D eigenvalue weighted by atomic mass is 10.1. The van der Waals surface area contributed by atoms with Gasteiger partial charge >= 0.3 is 0 Å². The molecule has 148 valence electrons. The molecule has 0 aliphatic heterocycles. The van der Waals surface area contributed by atoms with Gasteiger partial charge in [0, 0.05) is 10.9 Å². The Morgan fingerprint density at radius 1 is 1.07 bits per heavy atom. The van der Waals surface area contributed by atoms with Crippen LogP contribution in [0.4, 0.5) is 5.13 Å². The summed E-state index contributed by atoms with van der Waals surface area (Å²) in [6.45, 7) is 2.26. The highest BCUT2D eigenvalue weighted by molar-refractivity contribution is 7.22. The van der Waals surface area contributed by atoms with Crippen LogP contribution in [0.1, 0.15) is 21.7 Å². The molecule has 0 spiro atoms. The van der Waals surface area contributed by atoms with Crippen LogP contribution in [-0.2, 0) is 6.61 Å². The lowest BCUT2D eigenvalue weighted by Gasteiger charge is -2.06. The lowest BCUT2D eigenvalue weighted by molar-refractivity contribution is 0.0995. The fourth-order valence-electron chi connectivity index (χ4n) is 3.34. The van der Waals surface area contributed by atoms with Gasteiger partial charge in [-0.05, 0) is 42.8 Å². The van der Waals surface area contributed by atoms with E-state index >= 15 is 0 Å². The molecule has 6 heteroatoms. The number of carbonyl (C=O) groups is 1. The maximum Gasteiger partial charge on any atom is 0.293 e. The molecule has 0 unspecified atom stereocenters. The van der Waals surface area contributed by atoms with Gasteiger partial charge in [0.2, 0.25) is 0 Å². The first-order valence-corrected chi connectivity index (χ1v) is 10.4. The fourth-order valence-corrected chi connectivity index (χ4v) is 4.30. The van der Waals surface area contributed by atoms with Gasteiger partial charge < -0.3 is 9.15 Å². The van der Waals surface area contributed by atoms with Crippen molar-refractivity contribution in [2.24, 2.45) is 0 Å². The van der Waals surface area contributed by atoms with Gasteiger partial charge in [-0.25, -0.2) is 4.98 Å². The van der Waals surface area contributed by atoms with Crippen molar-refractivity contribution in [2.75, 3.05) is 5.32 Å². The molecular formula is C24H18N2O3S. The van der Waals surface area contributed by atoms with E-state index in [0.29, 0.717) is 16.3 Å². The number of carbonyl (C=O) groups excluding carboxylic acids is 1. The molecule has 0 atom stereocenters. The zero-order chi connectivity index (χ0) is 20.5. The second-order valence-corrected chi connectivity index (χ2v) is 7.98. The van der Waals surface area contributed by atoms with Crippen molar-refractivity contribution >= 4 is 43.6 Å². The van der Waals surface area contributed by atoms with Crippen LogP contribution in [-0.4, -0.2) is 10.9 Å². The number of para-hydroxylation sites is 2. The summed E-state index contributed by atoms with van der Waals surface area (Å²) in [6.07, 6.45) is 0. The molecule has 0 saturated heterocycles. The maximum atomic E-state index is 13.1. The average Bonchev–Trinajstić information content (AvgIpc) is 3.33. The first-order chi connectivity index (χ1) is 14.7. The Labute approximate surface area is 176 Å². The number of aryl methyl sites for hydroxylation is 1. The normalized spacial score (nSPS) is 11.1. The van der Waals surface area contributed by atoms with E-state index in [0.717, 1.165) is 26.9 Å². The van der Waals surface area contributed by atoms with Crippen LogP contribution in [0.25, 0.3) is 21.2 Å². The summed E-state index contributed by atoms with van der Waals surface area (Å²) in [5, 5.41) is 4.28. The molecule has 2 aromatic heterocycles. The summed E-state index contributed by atoms with van der Waals surface area (Å²) in [7, 11) is 0. The first kappa shape index (κ1) is 18.4. The van der Waals surface area contributed by atoms with Crippen LogP contribution < -0.4 is 10.1 Å². The third kappa shape index (κ3) is 3.53. The number of nitrogens with one attached hydrogen (secondary N) is 1. The molecule has 1 N–H and O–H groups in total. The highest BCUT2D eigenvalue weighted by atomic mass is 32.1. The zero-order valence-corrected chi connectivity index (χ0v) is 17.0. The Morgan fingerprint density at radius 2 is 1.87 bits per heavy atom. The van der Waals surface area contributed by atoms with E-state index < -0.39 is 0 Å². The number of hydrogen-bond acceptors (Lipinski definition) is 5. The number of furan rings is 1. The molecule has 30 heavy (non-hydrogen) atoms. The van der Waals surface area contributed by atoms with Crippen molar-refractivity contribution in [2.45, 2.75) is 13.5 Å². The lowest BCUT2D eigenvalue weighted by Crippen LogP contribution is -2.13. The Morgan fingerprint density at radius 3 is 2.73 bits per heavy atom. The molecule has 0 fully saturated rings. The zero-order valence-electron chi connectivity index (χ0n) is 16.2. The van der Waals surface area contributed by atoms with E-state index in [1.165, 1.54) is 11.3 Å². The number of rotatable bonds is 5. The molecular weight excluding hydrogens is 396 g/mol. The van der Waals surface area contributed by atoms with E-state index in [-0.39, 0.29) is 18.3 Å². The minimum Gasteiger partial charge on any atom is -0.489 e. The quantitative estimate of drug-likeness (QED) is 0.373. The van der Waals surface area contributed by atoms with Gasteiger partial charge in [-0.1, -0.05) is 53.8 Å². The predicted molar refractivity (Wildman–Crippen MR) is 119 cm³/mol. The van der Waals surface area contributed by atoms with E-state index in [1.54, 1.807) is 0 Å². The third-order valence-electron chi connectivity index (χ3n) is 4.80. The summed E-state index contributed by atoms with van der Waals surface area (Å²) in [5.74, 6) is 0.631. The number of thiazole rings is 1. The molecule has 0 radical (unpaired) electrons. The Balaban J connectivity index is 1.46. The van der Waals surface area contributed by atoms with E-state index in [2.05, 4.69) is 16.4 Å². The van der Waals surface area contributed by atoms with Crippen molar-refractivity contribution in [3.05, 3.63) is 89.7 Å². The van der Waals surface area contributed by atoms with Crippen LogP contribution in [0, 0.1) is 6.92 Å². The molecule has 5 aromatic rings. The van der Waals surface area contributed by atoms with Crippen molar-refractivity contribution in [1.29, 1.82) is 0 Å². The number of ether oxygens (including phenoxy) is 1. The fraction of sp³-hybridized carbons (Fsp3) is 0.0833. The summed E-state index contributed by atoms with van der Waals surface area (Å²) in [6, 6.07) is 23.1. The second kappa shape index (κ2) is 7.65. The topological polar surface area (TPSA) is 64.4 Å². The average molecular weight is 414 g/mol. The summed E-state index contributed by atoms with van der Waals surface area (Å²) in [5.41, 5.74) is 3.37. The minimum absolute atomic E-state index is 0.225. The second-order valence-electron chi connectivity index (χ2n) is 6.95. The monoisotopic (exact) mass is 414 g/mol. The van der Waals surface area contributed by atoms with Gasteiger partial charge in [-0.15, -0.1) is 0 Å². The van der Waals surface area contributed by atoms with Gasteiger partial charge in [0.05, 0.1) is 10.2 Å². The summed E-state index contributed by atoms with van der Waals surface area (Å²) in [4.78, 5) is 17.6. The van der Waals surface area contributed by atoms with Crippen LogP contribution >= 0.6 is 11.3 Å². The SMILES string of the molecule is Cc1ccc2nc(NC(=O)c3oc4ccccc4c3COc3ccccc3)sc2c1. The highest BCUT2D eigenvalue weighted by Gasteiger charge is 2.22. The van der Waals surface area contributed by atoms with Gasteiger partial charge in [0.15, 0.2) is 10.9 Å². The van der Waals surface area contributed by atoms with Crippen molar-refractivity contribution in [3.63, 3.8) is 0 Å². The number of aromatic nitrogens is 1. The smallest absolute Gasteiger partial charge is 0.293 e. The van der Waals surface area contributed by atoms with Gasteiger partial charge in [-0.2, -0.15) is 0 Å². The Hall–Kier alpha value is -3.64. The van der Waals surface area contributed by atoms with E-state index in [1.807, 2.05) is 73.7 Å². The number of nitrogens with zero attached hydrogens (tertiary/aromatic N) is 1. The molecule has 3 aromatic carbocycles. The first-order valence-electron chi connectivity index (χ1n) is 9.54. The van der Waals surface area contributed by atoms with Crippen LogP contribution in [0.2, 0.25) is 0 Å². The highest BCUT2D eigenvalue weighted by Crippen LogP contribution is 2.30. The molecule has 0 aliphatic carbocycles. The largest absolute Gasteiger partial charge is 0.489 e. The summed E-state index contributed by atoms with van der Waals surface area (Å²) >= 11 is 1.44. The van der Waals surface area contributed by atoms with Gasteiger partial charge in [0.25, 0.3) is 5.91 Å². The number of fused-ring (bicyclic) bond motifs is 2. The van der Waals surface area contributed by atoms with Crippen LogP contribution in [0.5, 0.6) is 5.75 Å².